The Hall–Kier alpha value is -1.55. The molecule has 0 spiro atoms. The highest BCUT2D eigenvalue weighted by Crippen LogP contribution is 2.33. The van der Waals surface area contributed by atoms with Crippen LogP contribution in [0, 0.1) is 6.92 Å². The maximum atomic E-state index is 12.8. The summed E-state index contributed by atoms with van der Waals surface area (Å²) in [6.07, 6.45) is 3.06. The van der Waals surface area contributed by atoms with Gasteiger partial charge in [-0.1, -0.05) is 29.0 Å². The van der Waals surface area contributed by atoms with Crippen LogP contribution in [0.5, 0.6) is 0 Å². The monoisotopic (exact) mass is 397 g/mol. The topological polar surface area (TPSA) is 80.5 Å². The van der Waals surface area contributed by atoms with Gasteiger partial charge in [-0.15, -0.1) is 10.2 Å². The van der Waals surface area contributed by atoms with E-state index in [9.17, 15) is 8.42 Å². The SMILES string of the molecule is Cc1ccc(S(=O)(=O)N2CCC(c3nn4cnnc4s3)CC2)cc1Cl. The molecule has 1 fully saturated rings. The van der Waals surface area contributed by atoms with Crippen LogP contribution in [-0.4, -0.2) is 45.6 Å². The van der Waals surface area contributed by atoms with Crippen molar-refractivity contribution >= 4 is 37.9 Å². The van der Waals surface area contributed by atoms with Gasteiger partial charge in [0.05, 0.1) is 4.90 Å². The lowest BCUT2D eigenvalue weighted by atomic mass is 9.99. The number of nitrogens with zero attached hydrogens (tertiary/aromatic N) is 5. The van der Waals surface area contributed by atoms with Gasteiger partial charge in [-0.2, -0.15) is 13.9 Å². The van der Waals surface area contributed by atoms with E-state index < -0.39 is 10.0 Å². The molecule has 3 aromatic rings. The van der Waals surface area contributed by atoms with Crippen LogP contribution in [0.1, 0.15) is 29.3 Å². The van der Waals surface area contributed by atoms with E-state index in [1.165, 1.54) is 21.7 Å². The Balaban J connectivity index is 1.50. The van der Waals surface area contributed by atoms with Crippen molar-refractivity contribution in [2.24, 2.45) is 0 Å². The van der Waals surface area contributed by atoms with Crippen molar-refractivity contribution in [3.8, 4) is 0 Å². The van der Waals surface area contributed by atoms with Crippen LogP contribution in [0.4, 0.5) is 0 Å². The highest BCUT2D eigenvalue weighted by Gasteiger charge is 2.31. The molecule has 0 atom stereocenters. The standard InChI is InChI=1S/C15H16ClN5O2S2/c1-10-2-3-12(8-13(10)16)25(22,23)20-6-4-11(5-7-20)14-19-21-9-17-18-15(21)24-14/h2-3,8-9,11H,4-7H2,1H3. The average molecular weight is 398 g/mol. The highest BCUT2D eigenvalue weighted by molar-refractivity contribution is 7.89. The van der Waals surface area contributed by atoms with Crippen molar-refractivity contribution in [3.63, 3.8) is 0 Å². The first-order chi connectivity index (χ1) is 11.9. The lowest BCUT2D eigenvalue weighted by Gasteiger charge is -2.30. The Morgan fingerprint density at radius 3 is 2.72 bits per heavy atom. The summed E-state index contributed by atoms with van der Waals surface area (Å²) in [5.74, 6) is 0.250. The molecule has 0 aliphatic carbocycles. The van der Waals surface area contributed by atoms with Gasteiger partial charge in [0.15, 0.2) is 0 Å². The molecule has 1 saturated heterocycles. The van der Waals surface area contributed by atoms with Crippen molar-refractivity contribution in [1.82, 2.24) is 24.1 Å². The zero-order valence-corrected chi connectivity index (χ0v) is 15.9. The molecule has 0 bridgehead atoms. The first-order valence-electron chi connectivity index (χ1n) is 7.88. The van der Waals surface area contributed by atoms with Gasteiger partial charge in [-0.3, -0.25) is 0 Å². The van der Waals surface area contributed by atoms with E-state index in [1.807, 2.05) is 6.92 Å². The van der Waals surface area contributed by atoms with E-state index in [-0.39, 0.29) is 10.8 Å². The van der Waals surface area contributed by atoms with Crippen LogP contribution in [-0.2, 0) is 10.0 Å². The van der Waals surface area contributed by atoms with Gasteiger partial charge in [0.25, 0.3) is 0 Å². The van der Waals surface area contributed by atoms with Crippen LogP contribution >= 0.6 is 22.9 Å². The lowest BCUT2D eigenvalue weighted by molar-refractivity contribution is 0.318. The predicted octanol–water partition coefficient (Wildman–Crippen LogP) is 2.72. The predicted molar refractivity (Wildman–Crippen MR) is 95.6 cm³/mol. The quantitative estimate of drug-likeness (QED) is 0.678. The molecule has 132 valence electrons. The third-order valence-electron chi connectivity index (χ3n) is 4.49. The van der Waals surface area contributed by atoms with E-state index in [2.05, 4.69) is 15.3 Å². The summed E-state index contributed by atoms with van der Waals surface area (Å²) in [5.41, 5.74) is 0.864. The molecule has 0 unspecified atom stereocenters. The Kier molecular flexibility index (Phi) is 4.27. The number of aryl methyl sites for hydroxylation is 1. The van der Waals surface area contributed by atoms with Gasteiger partial charge in [0.2, 0.25) is 15.0 Å². The second kappa shape index (κ2) is 6.31. The molecule has 7 nitrogen and oxygen atoms in total. The third kappa shape index (κ3) is 3.05. The fourth-order valence-corrected chi connectivity index (χ4v) is 5.70. The first-order valence-corrected chi connectivity index (χ1v) is 10.5. The van der Waals surface area contributed by atoms with Crippen LogP contribution in [0.3, 0.4) is 0 Å². The molecule has 3 heterocycles. The minimum Gasteiger partial charge on any atom is -0.207 e. The summed E-state index contributed by atoms with van der Waals surface area (Å²) >= 11 is 7.60. The fraction of sp³-hybridized carbons (Fsp3) is 0.400. The molecule has 1 aliphatic heterocycles. The molecule has 0 N–H and O–H groups in total. The van der Waals surface area contributed by atoms with Gasteiger partial charge in [-0.05, 0) is 37.5 Å². The number of sulfonamides is 1. The summed E-state index contributed by atoms with van der Waals surface area (Å²) in [6.45, 7) is 2.79. The van der Waals surface area contributed by atoms with Gasteiger partial charge in [-0.25, -0.2) is 8.42 Å². The normalized spacial score (nSPS) is 17.4. The zero-order valence-electron chi connectivity index (χ0n) is 13.5. The van der Waals surface area contributed by atoms with Crippen molar-refractivity contribution in [2.45, 2.75) is 30.6 Å². The molecule has 1 aromatic carbocycles. The van der Waals surface area contributed by atoms with Crippen molar-refractivity contribution in [1.29, 1.82) is 0 Å². The molecule has 10 heteroatoms. The zero-order chi connectivity index (χ0) is 17.6. The number of benzene rings is 1. The molecular weight excluding hydrogens is 382 g/mol. The molecular formula is C15H16ClN5O2S2. The fourth-order valence-electron chi connectivity index (χ4n) is 2.97. The summed E-state index contributed by atoms with van der Waals surface area (Å²) in [5, 5.41) is 13.7. The van der Waals surface area contributed by atoms with Crippen LogP contribution in [0.2, 0.25) is 5.02 Å². The number of halogens is 1. The van der Waals surface area contributed by atoms with Gasteiger partial charge >= 0.3 is 0 Å². The van der Waals surface area contributed by atoms with E-state index >= 15 is 0 Å². The Morgan fingerprint density at radius 2 is 2.04 bits per heavy atom. The molecule has 2 aromatic heterocycles. The minimum atomic E-state index is -3.52. The van der Waals surface area contributed by atoms with Crippen molar-refractivity contribution in [3.05, 3.63) is 40.1 Å². The molecule has 25 heavy (non-hydrogen) atoms. The minimum absolute atomic E-state index is 0.250. The van der Waals surface area contributed by atoms with E-state index in [0.717, 1.165) is 28.4 Å². The summed E-state index contributed by atoms with van der Waals surface area (Å²) < 4.78 is 28.8. The van der Waals surface area contributed by atoms with E-state index in [1.54, 1.807) is 23.0 Å². The Labute approximate surface area is 154 Å². The van der Waals surface area contributed by atoms with Gasteiger partial charge in [0, 0.05) is 24.0 Å². The molecule has 0 radical (unpaired) electrons. The van der Waals surface area contributed by atoms with Gasteiger partial charge in [0.1, 0.15) is 11.3 Å². The molecule has 0 amide bonds. The van der Waals surface area contributed by atoms with Crippen molar-refractivity contribution < 1.29 is 8.42 Å². The Morgan fingerprint density at radius 1 is 1.28 bits per heavy atom. The van der Waals surface area contributed by atoms with Gasteiger partial charge < -0.3 is 0 Å². The molecule has 1 aliphatic rings. The van der Waals surface area contributed by atoms with E-state index in [4.69, 9.17) is 11.6 Å². The number of aromatic nitrogens is 4. The second-order valence-corrected chi connectivity index (χ2v) is 9.42. The number of piperidine rings is 1. The second-order valence-electron chi connectivity index (χ2n) is 6.09. The summed E-state index contributed by atoms with van der Waals surface area (Å²) in [4.78, 5) is 1.01. The largest absolute Gasteiger partial charge is 0.243 e. The number of rotatable bonds is 3. The summed E-state index contributed by atoms with van der Waals surface area (Å²) in [7, 11) is -3.52. The van der Waals surface area contributed by atoms with Crippen molar-refractivity contribution in [2.75, 3.05) is 13.1 Å². The lowest BCUT2D eigenvalue weighted by Crippen LogP contribution is -2.37. The van der Waals surface area contributed by atoms with Crippen LogP contribution in [0.25, 0.3) is 4.96 Å². The van der Waals surface area contributed by atoms with Crippen LogP contribution in [0.15, 0.2) is 29.4 Å². The smallest absolute Gasteiger partial charge is 0.207 e. The number of hydrogen-bond donors (Lipinski definition) is 0. The summed E-state index contributed by atoms with van der Waals surface area (Å²) in [6, 6.07) is 4.88. The Bertz CT molecular complexity index is 993. The van der Waals surface area contributed by atoms with E-state index in [0.29, 0.717) is 18.1 Å². The van der Waals surface area contributed by atoms with Crippen LogP contribution < -0.4 is 0 Å². The average Bonchev–Trinajstić information content (AvgIpc) is 3.19. The maximum Gasteiger partial charge on any atom is 0.243 e. The molecule has 4 rings (SSSR count). The maximum absolute atomic E-state index is 12.8. The highest BCUT2D eigenvalue weighted by atomic mass is 35.5. The third-order valence-corrected chi connectivity index (χ3v) is 7.86. The number of fused-ring (bicyclic) bond motifs is 1. The number of hydrogen-bond acceptors (Lipinski definition) is 6. The first kappa shape index (κ1) is 16.9. The molecule has 0 saturated carbocycles.